The van der Waals surface area contributed by atoms with E-state index in [2.05, 4.69) is 0 Å². The van der Waals surface area contributed by atoms with E-state index in [0.717, 1.165) is 5.56 Å². The molecule has 0 fully saturated rings. The number of hydrogen-bond donors (Lipinski definition) is 1. The van der Waals surface area contributed by atoms with E-state index >= 15 is 0 Å². The van der Waals surface area contributed by atoms with Crippen LogP contribution < -0.4 is 5.46 Å². The first kappa shape index (κ1) is 6.37. The number of benzene rings is 1. The summed E-state index contributed by atoms with van der Waals surface area (Å²) < 4.78 is 0. The van der Waals surface area contributed by atoms with Crippen LogP contribution in [-0.2, 0) is 6.61 Å². The average Bonchev–Trinajstić information content (AvgIpc) is 1.90. The van der Waals surface area contributed by atoms with Gasteiger partial charge in [-0.25, -0.2) is 0 Å². The van der Waals surface area contributed by atoms with Crippen molar-refractivity contribution in [2.24, 2.45) is 0 Å². The Morgan fingerprint density at radius 2 is 1.78 bits per heavy atom. The van der Waals surface area contributed by atoms with Gasteiger partial charge in [0.2, 0.25) is 0 Å². The van der Waals surface area contributed by atoms with E-state index in [0.29, 0.717) is 0 Å². The minimum atomic E-state index is 0.139. The summed E-state index contributed by atoms with van der Waals surface area (Å²) in [6.45, 7) is 0.139. The Hall–Kier alpha value is -0.755. The molecule has 0 atom stereocenters. The number of aliphatic hydroxyl groups excluding tert-OH is 1. The highest BCUT2D eigenvalue weighted by Gasteiger charge is 1.85. The lowest BCUT2D eigenvalue weighted by Crippen LogP contribution is -2.00. The molecule has 0 aliphatic carbocycles. The molecule has 0 unspecified atom stereocenters. The van der Waals surface area contributed by atoms with Crippen LogP contribution >= 0.6 is 0 Å². The van der Waals surface area contributed by atoms with Gasteiger partial charge in [-0.1, -0.05) is 29.7 Å². The van der Waals surface area contributed by atoms with Crippen LogP contribution in [0.5, 0.6) is 0 Å². The van der Waals surface area contributed by atoms with Crippen molar-refractivity contribution in [2.45, 2.75) is 6.61 Å². The van der Waals surface area contributed by atoms with Crippen LogP contribution in [0.15, 0.2) is 24.3 Å². The first-order chi connectivity index (χ1) is 4.33. The highest BCUT2D eigenvalue weighted by Crippen LogP contribution is 1.93. The van der Waals surface area contributed by atoms with Gasteiger partial charge in [-0.15, -0.1) is 0 Å². The van der Waals surface area contributed by atoms with Gasteiger partial charge in [-0.05, 0) is 5.56 Å². The van der Waals surface area contributed by atoms with Crippen molar-refractivity contribution in [2.75, 3.05) is 0 Å². The molecule has 0 aromatic heterocycles. The molecule has 0 aliphatic heterocycles. The zero-order valence-electron chi connectivity index (χ0n) is 5.46. The fraction of sp³-hybridized carbons (Fsp3) is 0.143. The molecule has 0 spiro atoms. The van der Waals surface area contributed by atoms with Crippen molar-refractivity contribution in [1.29, 1.82) is 0 Å². The van der Waals surface area contributed by atoms with Gasteiger partial charge in [0.25, 0.3) is 0 Å². The molecule has 2 heteroatoms. The molecule has 0 heterocycles. The van der Waals surface area contributed by atoms with Gasteiger partial charge in [0.05, 0.1) is 6.61 Å². The maximum absolute atomic E-state index is 8.63. The summed E-state index contributed by atoms with van der Waals surface area (Å²) in [7, 11) is 2.03. The molecule has 0 saturated carbocycles. The molecule has 0 aliphatic rings. The minimum absolute atomic E-state index is 0.139. The zero-order chi connectivity index (χ0) is 6.69. The Labute approximate surface area is 55.7 Å². The van der Waals surface area contributed by atoms with Crippen molar-refractivity contribution >= 4 is 13.3 Å². The highest BCUT2D eigenvalue weighted by molar-refractivity contribution is 6.32. The second-order valence-electron chi connectivity index (χ2n) is 2.14. The molecule has 1 aromatic carbocycles. The van der Waals surface area contributed by atoms with E-state index in [-0.39, 0.29) is 6.61 Å². The number of rotatable bonds is 1. The van der Waals surface area contributed by atoms with Gasteiger partial charge in [-0.3, -0.25) is 0 Å². The van der Waals surface area contributed by atoms with Gasteiger partial charge in [0, 0.05) is 0 Å². The number of hydrogen-bond acceptors (Lipinski definition) is 1. The summed E-state index contributed by atoms with van der Waals surface area (Å²) in [5.74, 6) is 0. The van der Waals surface area contributed by atoms with Crippen LogP contribution in [0.1, 0.15) is 5.56 Å². The third-order valence-electron chi connectivity index (χ3n) is 1.30. The Balaban J connectivity index is 2.88. The molecule has 0 saturated heterocycles. The fourth-order valence-corrected chi connectivity index (χ4v) is 0.693. The summed E-state index contributed by atoms with van der Waals surface area (Å²) in [6, 6.07) is 7.84. The summed E-state index contributed by atoms with van der Waals surface area (Å²) in [4.78, 5) is 0. The lowest BCUT2D eigenvalue weighted by molar-refractivity contribution is 0.282. The van der Waals surface area contributed by atoms with Crippen LogP contribution in [0.4, 0.5) is 0 Å². The van der Waals surface area contributed by atoms with Gasteiger partial charge in [0.1, 0.15) is 7.85 Å². The standard InChI is InChI=1S/C7H9BO/c8-7-3-1-6(5-9)2-4-7/h1-4,9H,5,8H2. The predicted molar refractivity (Wildman–Crippen MR) is 40.5 cm³/mol. The monoisotopic (exact) mass is 120 g/mol. The minimum Gasteiger partial charge on any atom is -0.392 e. The van der Waals surface area contributed by atoms with E-state index < -0.39 is 0 Å². The molecule has 0 amide bonds. The summed E-state index contributed by atoms with van der Waals surface area (Å²) in [5, 5.41) is 8.63. The number of aliphatic hydroxyl groups is 1. The average molecular weight is 120 g/mol. The largest absolute Gasteiger partial charge is 0.392 e. The van der Waals surface area contributed by atoms with Crippen LogP contribution in [0, 0.1) is 0 Å². The second kappa shape index (κ2) is 2.69. The van der Waals surface area contributed by atoms with Crippen LogP contribution in [0.25, 0.3) is 0 Å². The maximum Gasteiger partial charge on any atom is 0.139 e. The SMILES string of the molecule is Bc1ccc(CO)cc1. The van der Waals surface area contributed by atoms with E-state index in [9.17, 15) is 0 Å². The molecule has 1 aromatic rings. The van der Waals surface area contributed by atoms with Crippen LogP contribution in [-0.4, -0.2) is 13.0 Å². The molecule has 0 bridgehead atoms. The molecule has 1 rings (SSSR count). The molecule has 1 N–H and O–H groups in total. The summed E-state index contributed by atoms with van der Waals surface area (Å²) in [5.41, 5.74) is 2.20. The van der Waals surface area contributed by atoms with Crippen LogP contribution in [0.3, 0.4) is 0 Å². The fourth-order valence-electron chi connectivity index (χ4n) is 0.693. The molecule has 1 nitrogen and oxygen atoms in total. The lowest BCUT2D eigenvalue weighted by Gasteiger charge is -1.94. The van der Waals surface area contributed by atoms with Crippen molar-refractivity contribution in [3.8, 4) is 0 Å². The zero-order valence-corrected chi connectivity index (χ0v) is 5.46. The predicted octanol–water partition coefficient (Wildman–Crippen LogP) is -0.563. The summed E-state index contributed by atoms with van der Waals surface area (Å²) >= 11 is 0. The van der Waals surface area contributed by atoms with Gasteiger partial charge >= 0.3 is 0 Å². The third kappa shape index (κ3) is 1.58. The first-order valence-electron chi connectivity index (χ1n) is 2.99. The van der Waals surface area contributed by atoms with Gasteiger partial charge in [0.15, 0.2) is 0 Å². The van der Waals surface area contributed by atoms with E-state index in [1.54, 1.807) is 0 Å². The molecule has 46 valence electrons. The van der Waals surface area contributed by atoms with Crippen molar-refractivity contribution in [3.63, 3.8) is 0 Å². The van der Waals surface area contributed by atoms with Crippen molar-refractivity contribution in [1.82, 2.24) is 0 Å². The summed E-state index contributed by atoms with van der Waals surface area (Å²) in [6.07, 6.45) is 0. The van der Waals surface area contributed by atoms with E-state index in [1.165, 1.54) is 5.46 Å². The first-order valence-corrected chi connectivity index (χ1v) is 2.99. The molecular weight excluding hydrogens is 111 g/mol. The topological polar surface area (TPSA) is 20.2 Å². The Kier molecular flexibility index (Phi) is 1.90. The molecule has 9 heavy (non-hydrogen) atoms. The Morgan fingerprint density at radius 1 is 1.22 bits per heavy atom. The lowest BCUT2D eigenvalue weighted by atomic mass is 9.95. The molecular formula is C7H9BO. The maximum atomic E-state index is 8.63. The highest BCUT2D eigenvalue weighted by atomic mass is 16.3. The van der Waals surface area contributed by atoms with E-state index in [4.69, 9.17) is 5.11 Å². The molecule has 0 radical (unpaired) electrons. The van der Waals surface area contributed by atoms with Gasteiger partial charge in [-0.2, -0.15) is 0 Å². The third-order valence-corrected chi connectivity index (χ3v) is 1.30. The van der Waals surface area contributed by atoms with Gasteiger partial charge < -0.3 is 5.11 Å². The van der Waals surface area contributed by atoms with E-state index in [1.807, 2.05) is 32.1 Å². The quantitative estimate of drug-likeness (QED) is 0.492. The van der Waals surface area contributed by atoms with Crippen molar-refractivity contribution < 1.29 is 5.11 Å². The Morgan fingerprint density at radius 3 is 2.22 bits per heavy atom. The second-order valence-corrected chi connectivity index (χ2v) is 2.14. The van der Waals surface area contributed by atoms with Crippen LogP contribution in [0.2, 0.25) is 0 Å². The normalized spacial score (nSPS) is 9.44. The van der Waals surface area contributed by atoms with Crippen molar-refractivity contribution in [3.05, 3.63) is 29.8 Å². The smallest absolute Gasteiger partial charge is 0.139 e. The Bertz CT molecular complexity index is 181.